The number of nitrogens with zero attached hydrogens (tertiary/aromatic N) is 2. The fourth-order valence-electron chi connectivity index (χ4n) is 2.39. The number of nitrogens with one attached hydrogen (secondary N) is 1. The van der Waals surface area contributed by atoms with Crippen LogP contribution in [0.4, 0.5) is 4.39 Å². The molecule has 1 aromatic carbocycles. The van der Waals surface area contributed by atoms with Crippen LogP contribution in [0.15, 0.2) is 29.6 Å². The molecule has 0 saturated heterocycles. The number of halogens is 1. The second-order valence-electron chi connectivity index (χ2n) is 5.69. The maximum Gasteiger partial charge on any atom is 0.241 e. The number of carbonyl (C=O) groups excluding carboxylic acids is 1. The molecule has 6 heteroatoms. The largest absolute Gasteiger partial charge is 0.354 e. The summed E-state index contributed by atoms with van der Waals surface area (Å²) in [7, 11) is 3.68. The number of hydrogen-bond acceptors (Lipinski definition) is 4. The molecular formula is C17H22FN3OS. The summed E-state index contributed by atoms with van der Waals surface area (Å²) in [5.41, 5.74) is 1.82. The molecule has 0 aliphatic rings. The van der Waals surface area contributed by atoms with Crippen LogP contribution in [0.2, 0.25) is 0 Å². The lowest BCUT2D eigenvalue weighted by Crippen LogP contribution is -2.37. The molecule has 4 nitrogen and oxygen atoms in total. The summed E-state index contributed by atoms with van der Waals surface area (Å²) in [5.74, 6) is -0.373. The van der Waals surface area contributed by atoms with Crippen LogP contribution in [0.3, 0.4) is 0 Å². The Bertz CT molecular complexity index is 640. The molecule has 0 aliphatic heterocycles. The predicted molar refractivity (Wildman–Crippen MR) is 91.0 cm³/mol. The second-order valence-corrected chi connectivity index (χ2v) is 6.64. The van der Waals surface area contributed by atoms with E-state index in [1.807, 2.05) is 31.3 Å². The summed E-state index contributed by atoms with van der Waals surface area (Å²) in [5, 5.41) is 6.09. The molecule has 23 heavy (non-hydrogen) atoms. The van der Waals surface area contributed by atoms with Crippen LogP contribution in [0.1, 0.15) is 28.7 Å². The number of thiazole rings is 1. The van der Waals surface area contributed by atoms with Crippen molar-refractivity contribution in [1.82, 2.24) is 15.2 Å². The molecule has 0 bridgehead atoms. The Morgan fingerprint density at radius 3 is 2.61 bits per heavy atom. The first-order valence-corrected chi connectivity index (χ1v) is 8.46. The Hall–Kier alpha value is -1.79. The van der Waals surface area contributed by atoms with Crippen molar-refractivity contribution in [3.8, 4) is 0 Å². The molecule has 2 rings (SSSR count). The molecular weight excluding hydrogens is 313 g/mol. The van der Waals surface area contributed by atoms with Crippen LogP contribution < -0.4 is 5.32 Å². The van der Waals surface area contributed by atoms with Crippen molar-refractivity contribution >= 4 is 17.2 Å². The summed E-state index contributed by atoms with van der Waals surface area (Å²) >= 11 is 1.65. The van der Waals surface area contributed by atoms with Crippen molar-refractivity contribution in [1.29, 1.82) is 0 Å². The van der Waals surface area contributed by atoms with Crippen molar-refractivity contribution in [2.75, 3.05) is 20.6 Å². The molecule has 0 aliphatic carbocycles. The minimum atomic E-state index is -0.419. The van der Waals surface area contributed by atoms with Gasteiger partial charge < -0.3 is 5.32 Å². The molecule has 1 heterocycles. The lowest BCUT2D eigenvalue weighted by Gasteiger charge is -2.23. The minimum absolute atomic E-state index is 0.0723. The van der Waals surface area contributed by atoms with Crippen molar-refractivity contribution in [2.24, 2.45) is 0 Å². The fraction of sp³-hybridized carbons (Fsp3) is 0.412. The van der Waals surface area contributed by atoms with Gasteiger partial charge in [0.2, 0.25) is 5.91 Å². The minimum Gasteiger partial charge on any atom is -0.354 e. The molecule has 0 fully saturated rings. The van der Waals surface area contributed by atoms with E-state index >= 15 is 0 Å². The van der Waals surface area contributed by atoms with Gasteiger partial charge in [-0.25, -0.2) is 9.37 Å². The average Bonchev–Trinajstić information content (AvgIpc) is 2.91. The van der Waals surface area contributed by atoms with E-state index in [2.05, 4.69) is 10.3 Å². The standard InChI is InChI=1S/C17H22FN3OS/c1-12-11-23-15(20-12)5-4-10-19-17(22)16(21(2)3)13-6-8-14(18)9-7-13/h6-9,11,16H,4-5,10H2,1-3H3,(H,19,22)/t16-/m1/s1. The zero-order valence-corrected chi connectivity index (χ0v) is 14.5. The molecule has 1 atom stereocenters. The third kappa shape index (κ3) is 5.11. The first-order valence-electron chi connectivity index (χ1n) is 7.58. The Kier molecular flexibility index (Phi) is 6.24. The zero-order chi connectivity index (χ0) is 16.8. The van der Waals surface area contributed by atoms with Crippen LogP contribution in [0.25, 0.3) is 0 Å². The van der Waals surface area contributed by atoms with Gasteiger partial charge in [-0.15, -0.1) is 11.3 Å². The number of aryl methyl sites for hydroxylation is 2. The number of amides is 1. The highest BCUT2D eigenvalue weighted by atomic mass is 32.1. The molecule has 0 unspecified atom stereocenters. The van der Waals surface area contributed by atoms with Gasteiger partial charge in [0, 0.05) is 24.0 Å². The van der Waals surface area contributed by atoms with Gasteiger partial charge in [0.05, 0.1) is 5.01 Å². The maximum atomic E-state index is 13.0. The molecule has 124 valence electrons. The Balaban J connectivity index is 1.87. The van der Waals surface area contributed by atoms with E-state index in [-0.39, 0.29) is 11.7 Å². The zero-order valence-electron chi connectivity index (χ0n) is 13.7. The third-order valence-corrected chi connectivity index (χ3v) is 4.51. The first-order chi connectivity index (χ1) is 11.0. The Morgan fingerprint density at radius 2 is 2.04 bits per heavy atom. The van der Waals surface area contributed by atoms with Gasteiger partial charge >= 0.3 is 0 Å². The van der Waals surface area contributed by atoms with E-state index in [1.54, 1.807) is 23.5 Å². The van der Waals surface area contributed by atoms with E-state index in [4.69, 9.17) is 0 Å². The van der Waals surface area contributed by atoms with Crippen LogP contribution in [0.5, 0.6) is 0 Å². The topological polar surface area (TPSA) is 45.2 Å². The number of benzene rings is 1. The van der Waals surface area contributed by atoms with Gasteiger partial charge in [0.1, 0.15) is 11.9 Å². The smallest absolute Gasteiger partial charge is 0.241 e. The van der Waals surface area contributed by atoms with Gasteiger partial charge in [-0.05, 0) is 45.1 Å². The highest BCUT2D eigenvalue weighted by molar-refractivity contribution is 7.09. The summed E-state index contributed by atoms with van der Waals surface area (Å²) in [4.78, 5) is 18.7. The van der Waals surface area contributed by atoms with Crippen molar-refractivity contribution in [3.05, 3.63) is 51.7 Å². The molecule has 0 radical (unpaired) electrons. The molecule has 1 N–H and O–H groups in total. The summed E-state index contributed by atoms with van der Waals surface area (Å²) in [6.07, 6.45) is 1.71. The van der Waals surface area contributed by atoms with E-state index in [0.29, 0.717) is 6.54 Å². The normalized spacial score (nSPS) is 12.4. The summed E-state index contributed by atoms with van der Waals surface area (Å²) < 4.78 is 13.0. The molecule has 1 aromatic heterocycles. The molecule has 1 amide bonds. The number of likely N-dealkylation sites (N-methyl/N-ethyl adjacent to an activating group) is 1. The van der Waals surface area contributed by atoms with Gasteiger partial charge in [-0.1, -0.05) is 12.1 Å². The monoisotopic (exact) mass is 335 g/mol. The van der Waals surface area contributed by atoms with Gasteiger partial charge in [0.15, 0.2) is 0 Å². The summed E-state index contributed by atoms with van der Waals surface area (Å²) in [6, 6.07) is 5.64. The Morgan fingerprint density at radius 1 is 1.35 bits per heavy atom. The number of hydrogen-bond donors (Lipinski definition) is 1. The van der Waals surface area contributed by atoms with Crippen molar-refractivity contribution in [3.63, 3.8) is 0 Å². The first kappa shape index (κ1) is 17.6. The van der Waals surface area contributed by atoms with E-state index in [1.165, 1.54) is 12.1 Å². The SMILES string of the molecule is Cc1csc(CCCNC(=O)[C@@H](c2ccc(F)cc2)N(C)C)n1. The van der Waals surface area contributed by atoms with Gasteiger partial charge in [0.25, 0.3) is 0 Å². The van der Waals surface area contributed by atoms with Crippen LogP contribution in [0, 0.1) is 12.7 Å². The van der Waals surface area contributed by atoms with Crippen LogP contribution in [-0.4, -0.2) is 36.4 Å². The summed E-state index contributed by atoms with van der Waals surface area (Å²) in [6.45, 7) is 2.58. The lowest BCUT2D eigenvalue weighted by molar-refractivity contribution is -0.125. The highest BCUT2D eigenvalue weighted by Gasteiger charge is 2.22. The van der Waals surface area contributed by atoms with E-state index in [9.17, 15) is 9.18 Å². The van der Waals surface area contributed by atoms with Crippen LogP contribution >= 0.6 is 11.3 Å². The molecule has 2 aromatic rings. The number of aromatic nitrogens is 1. The lowest BCUT2D eigenvalue weighted by atomic mass is 10.1. The number of rotatable bonds is 7. The highest BCUT2D eigenvalue weighted by Crippen LogP contribution is 2.19. The second kappa shape index (κ2) is 8.17. The maximum absolute atomic E-state index is 13.0. The quantitative estimate of drug-likeness (QED) is 0.791. The van der Waals surface area contributed by atoms with Gasteiger partial charge in [-0.2, -0.15) is 0 Å². The molecule has 0 saturated carbocycles. The molecule has 0 spiro atoms. The van der Waals surface area contributed by atoms with Crippen LogP contribution in [-0.2, 0) is 11.2 Å². The number of carbonyl (C=O) groups is 1. The predicted octanol–water partition coefficient (Wildman–Crippen LogP) is 2.94. The van der Waals surface area contributed by atoms with E-state index < -0.39 is 6.04 Å². The van der Waals surface area contributed by atoms with Crippen molar-refractivity contribution in [2.45, 2.75) is 25.8 Å². The van der Waals surface area contributed by atoms with Gasteiger partial charge in [-0.3, -0.25) is 9.69 Å². The third-order valence-electron chi connectivity index (χ3n) is 3.48. The Labute approximate surface area is 140 Å². The van der Waals surface area contributed by atoms with E-state index in [0.717, 1.165) is 29.1 Å². The van der Waals surface area contributed by atoms with Crippen molar-refractivity contribution < 1.29 is 9.18 Å². The average molecular weight is 335 g/mol. The fourth-order valence-corrected chi connectivity index (χ4v) is 3.21.